The third-order valence-corrected chi connectivity index (χ3v) is 6.52. The van der Waals surface area contributed by atoms with Crippen molar-refractivity contribution in [1.82, 2.24) is 15.2 Å². The first-order valence-corrected chi connectivity index (χ1v) is 13.4. The molecule has 1 aromatic heterocycles. The van der Waals surface area contributed by atoms with Gasteiger partial charge in [-0.25, -0.2) is 4.39 Å². The summed E-state index contributed by atoms with van der Waals surface area (Å²) in [7, 11) is 0. The number of aliphatic hydroxyl groups is 1. The van der Waals surface area contributed by atoms with Gasteiger partial charge in [0, 0.05) is 49.0 Å². The lowest BCUT2D eigenvalue weighted by Gasteiger charge is -2.21. The van der Waals surface area contributed by atoms with Crippen LogP contribution >= 0.6 is 0 Å². The average molecular weight is 532 g/mol. The number of aromatic amines is 1. The van der Waals surface area contributed by atoms with Crippen LogP contribution in [0.2, 0.25) is 0 Å². The van der Waals surface area contributed by atoms with Crippen molar-refractivity contribution < 1.29 is 19.0 Å². The van der Waals surface area contributed by atoms with Crippen LogP contribution in [0.4, 0.5) is 4.39 Å². The predicted octanol–water partition coefficient (Wildman–Crippen LogP) is 5.43. The molecule has 4 rings (SSSR count). The molecule has 0 amide bonds. The molecule has 0 radical (unpaired) electrons. The molecule has 1 heterocycles. The van der Waals surface area contributed by atoms with Gasteiger partial charge >= 0.3 is 0 Å². The van der Waals surface area contributed by atoms with Gasteiger partial charge in [-0.2, -0.15) is 0 Å². The Kier molecular flexibility index (Phi) is 11.0. The summed E-state index contributed by atoms with van der Waals surface area (Å²) in [6.07, 6.45) is 3.82. The first-order chi connectivity index (χ1) is 19.1. The van der Waals surface area contributed by atoms with Crippen LogP contribution in [-0.2, 0) is 24.3 Å². The minimum atomic E-state index is -0.250. The zero-order valence-corrected chi connectivity index (χ0v) is 22.4. The number of para-hydroxylation sites is 1. The third-order valence-electron chi connectivity index (χ3n) is 6.52. The first kappa shape index (κ1) is 28.4. The molecule has 3 aromatic carbocycles. The summed E-state index contributed by atoms with van der Waals surface area (Å²) < 4.78 is 24.6. The van der Waals surface area contributed by atoms with Crippen LogP contribution in [0.25, 0.3) is 10.9 Å². The Hall–Kier alpha value is -3.65. The second kappa shape index (κ2) is 15.1. The van der Waals surface area contributed by atoms with E-state index in [1.54, 1.807) is 12.1 Å². The minimum Gasteiger partial charge on any atom is -0.494 e. The van der Waals surface area contributed by atoms with Gasteiger partial charge in [-0.3, -0.25) is 4.90 Å². The van der Waals surface area contributed by atoms with Gasteiger partial charge in [-0.1, -0.05) is 49.0 Å². The number of hydrogen-bond donors (Lipinski definition) is 3. The van der Waals surface area contributed by atoms with Crippen molar-refractivity contribution in [3.8, 4) is 5.75 Å². The highest BCUT2D eigenvalue weighted by atomic mass is 19.1. The van der Waals surface area contributed by atoms with E-state index in [4.69, 9.17) is 9.47 Å². The topological polar surface area (TPSA) is 69.8 Å². The Balaban J connectivity index is 1.15. The lowest BCUT2D eigenvalue weighted by molar-refractivity contribution is 0.138. The third kappa shape index (κ3) is 9.25. The van der Waals surface area contributed by atoms with Gasteiger partial charge in [-0.05, 0) is 59.9 Å². The summed E-state index contributed by atoms with van der Waals surface area (Å²) in [5.74, 6) is 0.592. The summed E-state index contributed by atoms with van der Waals surface area (Å²) >= 11 is 0. The largest absolute Gasteiger partial charge is 0.494 e. The molecule has 0 bridgehead atoms. The van der Waals surface area contributed by atoms with E-state index in [2.05, 4.69) is 58.3 Å². The second-order valence-corrected chi connectivity index (χ2v) is 9.61. The van der Waals surface area contributed by atoms with Crippen molar-refractivity contribution in [2.45, 2.75) is 26.0 Å². The van der Waals surface area contributed by atoms with Crippen LogP contribution in [-0.4, -0.2) is 54.4 Å². The number of hydrogen-bond acceptors (Lipinski definition) is 5. The van der Waals surface area contributed by atoms with E-state index in [-0.39, 0.29) is 12.4 Å². The Morgan fingerprint density at radius 3 is 2.69 bits per heavy atom. The van der Waals surface area contributed by atoms with Crippen molar-refractivity contribution >= 4 is 10.9 Å². The molecule has 0 saturated heterocycles. The Labute approximate surface area is 230 Å². The van der Waals surface area contributed by atoms with Crippen LogP contribution in [0, 0.1) is 5.82 Å². The maximum Gasteiger partial charge on any atom is 0.123 e. The fraction of sp³-hybridized carbons (Fsp3) is 0.312. The summed E-state index contributed by atoms with van der Waals surface area (Å²) in [6.45, 7) is 8.48. The van der Waals surface area contributed by atoms with Crippen LogP contribution < -0.4 is 10.1 Å². The Bertz CT molecular complexity index is 1310. The fourth-order valence-corrected chi connectivity index (χ4v) is 4.47. The molecule has 0 saturated carbocycles. The number of aliphatic hydroxyl groups excluding tert-OH is 1. The van der Waals surface area contributed by atoms with Crippen LogP contribution in [0.15, 0.2) is 91.3 Å². The van der Waals surface area contributed by atoms with E-state index in [1.807, 2.05) is 18.2 Å². The molecule has 6 nitrogen and oxygen atoms in total. The van der Waals surface area contributed by atoms with E-state index < -0.39 is 0 Å². The van der Waals surface area contributed by atoms with Gasteiger partial charge in [0.25, 0.3) is 0 Å². The van der Waals surface area contributed by atoms with E-state index >= 15 is 0 Å². The van der Waals surface area contributed by atoms with Crippen molar-refractivity contribution in [1.29, 1.82) is 0 Å². The number of halogens is 1. The number of fused-ring (bicyclic) bond motifs is 1. The van der Waals surface area contributed by atoms with E-state index in [1.165, 1.54) is 23.1 Å². The molecule has 0 aliphatic carbocycles. The number of benzene rings is 3. The average Bonchev–Trinajstić information content (AvgIpc) is 3.36. The number of nitrogens with zero attached hydrogens (tertiary/aromatic N) is 1. The molecule has 0 unspecified atom stereocenters. The van der Waals surface area contributed by atoms with Crippen LogP contribution in [0.1, 0.15) is 23.1 Å². The van der Waals surface area contributed by atoms with Crippen LogP contribution in [0.5, 0.6) is 5.75 Å². The summed E-state index contributed by atoms with van der Waals surface area (Å²) in [5.41, 5.74) is 5.33. The normalized spacial score (nSPS) is 11.3. The van der Waals surface area contributed by atoms with E-state index in [0.29, 0.717) is 26.4 Å². The molecule has 4 aromatic rings. The lowest BCUT2D eigenvalue weighted by Crippen LogP contribution is -2.28. The smallest absolute Gasteiger partial charge is 0.123 e. The molecule has 206 valence electrons. The monoisotopic (exact) mass is 531 g/mol. The van der Waals surface area contributed by atoms with Gasteiger partial charge in [-0.15, -0.1) is 0 Å². The number of aromatic nitrogens is 1. The molecule has 3 N–H and O–H groups in total. The van der Waals surface area contributed by atoms with E-state index in [9.17, 15) is 9.50 Å². The highest BCUT2D eigenvalue weighted by molar-refractivity contribution is 5.83. The zero-order valence-electron chi connectivity index (χ0n) is 22.4. The highest BCUT2D eigenvalue weighted by Crippen LogP contribution is 2.19. The maximum atomic E-state index is 13.0. The zero-order chi connectivity index (χ0) is 27.3. The molecule has 7 heteroatoms. The molecule has 0 fully saturated rings. The molecule has 0 spiro atoms. The predicted molar refractivity (Wildman–Crippen MR) is 154 cm³/mol. The molecular formula is C32H38FN3O3. The molecule has 39 heavy (non-hydrogen) atoms. The fourth-order valence-electron chi connectivity index (χ4n) is 4.47. The van der Waals surface area contributed by atoms with E-state index in [0.717, 1.165) is 60.6 Å². The molecule has 0 atom stereocenters. The summed E-state index contributed by atoms with van der Waals surface area (Å²) in [4.78, 5) is 5.61. The van der Waals surface area contributed by atoms with Crippen molar-refractivity contribution in [2.75, 3.05) is 39.5 Å². The Morgan fingerprint density at radius 1 is 1.00 bits per heavy atom. The van der Waals surface area contributed by atoms with Gasteiger partial charge in [0.2, 0.25) is 0 Å². The summed E-state index contributed by atoms with van der Waals surface area (Å²) in [5, 5.41) is 14.1. The lowest BCUT2D eigenvalue weighted by atomic mass is 10.1. The SMILES string of the molecule is C=C(COCc1ccc(F)cc1)NCCCOc1cccc(CN(CCO)CCc2c[nH]c3ccccc23)c1. The van der Waals surface area contributed by atoms with Gasteiger partial charge in [0.05, 0.1) is 26.4 Å². The van der Waals surface area contributed by atoms with Gasteiger partial charge in [0.1, 0.15) is 11.6 Å². The highest BCUT2D eigenvalue weighted by Gasteiger charge is 2.09. The van der Waals surface area contributed by atoms with Crippen molar-refractivity contribution in [3.63, 3.8) is 0 Å². The number of H-pyrrole nitrogens is 1. The second-order valence-electron chi connectivity index (χ2n) is 9.61. The van der Waals surface area contributed by atoms with Crippen LogP contribution in [0.3, 0.4) is 0 Å². The molecule has 0 aliphatic rings. The standard InChI is InChI=1S/C32H38FN3O3/c1-25(23-38-24-26-10-12-29(33)13-11-26)34-15-5-19-39-30-7-4-6-27(20-30)22-36(17-18-37)16-14-28-21-35-32-9-3-2-8-31(28)32/h2-4,6-13,20-21,34-35,37H,1,5,14-19,22-24H2. The van der Waals surface area contributed by atoms with Crippen molar-refractivity contribution in [3.05, 3.63) is 114 Å². The van der Waals surface area contributed by atoms with Gasteiger partial charge in [0.15, 0.2) is 0 Å². The van der Waals surface area contributed by atoms with Crippen molar-refractivity contribution in [2.24, 2.45) is 0 Å². The number of nitrogens with one attached hydrogen (secondary N) is 2. The van der Waals surface area contributed by atoms with Gasteiger partial charge < -0.3 is 24.9 Å². The first-order valence-electron chi connectivity index (χ1n) is 13.4. The summed E-state index contributed by atoms with van der Waals surface area (Å²) in [6, 6.07) is 22.8. The quantitative estimate of drug-likeness (QED) is 0.159. The molecule has 0 aliphatic heterocycles. The maximum absolute atomic E-state index is 13.0. The number of rotatable bonds is 17. The number of ether oxygens (including phenoxy) is 2. The molecular weight excluding hydrogens is 493 g/mol. The minimum absolute atomic E-state index is 0.125. The Morgan fingerprint density at radius 2 is 1.85 bits per heavy atom.